The average Bonchev–Trinajstić information content (AvgIpc) is 2.62. The molecule has 3 N–H and O–H groups in total. The number of hydrogen-bond acceptors (Lipinski definition) is 7. The molecular weight excluding hydrogens is 379 g/mol. The second kappa shape index (κ2) is 14.8. The number of nitrogens with two attached hydrogens (primary N) is 1. The summed E-state index contributed by atoms with van der Waals surface area (Å²) in [7, 11) is -2.79. The SMILES string of the molecule is CN.C\C=C/C(/C=C(\C)C(=O)NCCS(=O)(=O)OF)=C(\C=C/C)OC(C)=O. The molecule has 1 amide bonds. The van der Waals surface area contributed by atoms with Gasteiger partial charge in [0.15, 0.2) is 0 Å². The molecule has 0 aliphatic carbocycles. The molecule has 0 spiro atoms. The molecule has 154 valence electrons. The summed E-state index contributed by atoms with van der Waals surface area (Å²) in [5.41, 5.74) is 5.21. The fourth-order valence-corrected chi connectivity index (χ4v) is 2.05. The lowest BCUT2D eigenvalue weighted by molar-refractivity contribution is -0.136. The van der Waals surface area contributed by atoms with Crippen LogP contribution >= 0.6 is 0 Å². The fraction of sp³-hybridized carbons (Fsp3) is 0.412. The highest BCUT2D eigenvalue weighted by atomic mass is 32.2. The van der Waals surface area contributed by atoms with Crippen LogP contribution in [0, 0.1) is 0 Å². The Hall–Kier alpha value is -2.30. The maximum atomic E-state index is 12.0. The van der Waals surface area contributed by atoms with E-state index in [0.717, 1.165) is 0 Å². The van der Waals surface area contributed by atoms with Gasteiger partial charge in [-0.1, -0.05) is 22.6 Å². The predicted octanol–water partition coefficient (Wildman–Crippen LogP) is 1.82. The minimum atomic E-state index is -4.29. The average molecular weight is 406 g/mol. The third-order valence-electron chi connectivity index (χ3n) is 2.67. The van der Waals surface area contributed by atoms with E-state index in [0.29, 0.717) is 5.57 Å². The lowest BCUT2D eigenvalue weighted by Gasteiger charge is -2.08. The monoisotopic (exact) mass is 406 g/mol. The van der Waals surface area contributed by atoms with Crippen LogP contribution in [0.3, 0.4) is 0 Å². The molecule has 10 heteroatoms. The van der Waals surface area contributed by atoms with Gasteiger partial charge in [-0.3, -0.25) is 9.59 Å². The molecule has 0 aromatic heterocycles. The fourth-order valence-electron chi connectivity index (χ4n) is 1.64. The first-order chi connectivity index (χ1) is 12.7. The Morgan fingerprint density at radius 3 is 2.11 bits per heavy atom. The lowest BCUT2D eigenvalue weighted by atomic mass is 10.1. The van der Waals surface area contributed by atoms with E-state index < -0.39 is 27.7 Å². The van der Waals surface area contributed by atoms with Crippen molar-refractivity contribution in [1.29, 1.82) is 0 Å². The van der Waals surface area contributed by atoms with Crippen LogP contribution in [0.4, 0.5) is 4.53 Å². The van der Waals surface area contributed by atoms with E-state index in [-0.39, 0.29) is 17.9 Å². The van der Waals surface area contributed by atoms with Crippen molar-refractivity contribution in [3.8, 4) is 0 Å². The molecule has 0 saturated heterocycles. The molecule has 0 atom stereocenters. The van der Waals surface area contributed by atoms with E-state index in [9.17, 15) is 22.5 Å². The second-order valence-corrected chi connectivity index (χ2v) is 6.47. The quantitative estimate of drug-likeness (QED) is 0.259. The third kappa shape index (κ3) is 12.7. The van der Waals surface area contributed by atoms with Crippen LogP contribution in [0.2, 0.25) is 0 Å². The summed E-state index contributed by atoms with van der Waals surface area (Å²) in [5.74, 6) is -1.51. The van der Waals surface area contributed by atoms with Crippen LogP contribution in [-0.2, 0) is 28.8 Å². The number of rotatable bonds is 9. The summed E-state index contributed by atoms with van der Waals surface area (Å²) < 4.78 is 41.3. The van der Waals surface area contributed by atoms with Gasteiger partial charge in [0.1, 0.15) is 5.76 Å². The molecule has 0 aliphatic heterocycles. The largest absolute Gasteiger partial charge is 0.426 e. The number of halogens is 1. The number of carbonyl (C=O) groups excluding carboxylic acids is 2. The van der Waals surface area contributed by atoms with E-state index >= 15 is 0 Å². The zero-order chi connectivity index (χ0) is 21.5. The Balaban J connectivity index is 0. The van der Waals surface area contributed by atoms with Gasteiger partial charge in [-0.25, -0.2) is 0 Å². The van der Waals surface area contributed by atoms with Crippen molar-refractivity contribution in [2.75, 3.05) is 19.3 Å². The molecule has 0 aromatic rings. The molecule has 0 fully saturated rings. The second-order valence-electron chi connectivity index (χ2n) is 4.82. The molecular formula is C17H27FN2O6S. The number of nitrogens with one attached hydrogen (secondary N) is 1. The third-order valence-corrected chi connectivity index (χ3v) is 3.56. The molecule has 0 radical (unpaired) electrons. The molecule has 0 saturated carbocycles. The first kappa shape index (κ1) is 26.9. The van der Waals surface area contributed by atoms with Gasteiger partial charge in [0, 0.05) is 24.6 Å². The van der Waals surface area contributed by atoms with Crippen LogP contribution in [-0.4, -0.2) is 39.6 Å². The van der Waals surface area contributed by atoms with Crippen molar-refractivity contribution < 1.29 is 31.7 Å². The molecule has 8 nitrogen and oxygen atoms in total. The van der Waals surface area contributed by atoms with Gasteiger partial charge in [-0.15, -0.1) is 0 Å². The van der Waals surface area contributed by atoms with Gasteiger partial charge in [0.25, 0.3) is 10.1 Å². The number of carbonyl (C=O) groups is 2. The van der Waals surface area contributed by atoms with Gasteiger partial charge >= 0.3 is 5.97 Å². The van der Waals surface area contributed by atoms with Crippen molar-refractivity contribution in [2.24, 2.45) is 5.73 Å². The van der Waals surface area contributed by atoms with E-state index in [1.54, 1.807) is 38.2 Å². The minimum absolute atomic E-state index is 0.237. The van der Waals surface area contributed by atoms with Crippen LogP contribution in [0.15, 0.2) is 47.3 Å². The van der Waals surface area contributed by atoms with Gasteiger partial charge in [0.2, 0.25) is 5.91 Å². The molecule has 0 heterocycles. The Kier molecular flexibility index (Phi) is 14.8. The zero-order valence-corrected chi connectivity index (χ0v) is 16.9. The predicted molar refractivity (Wildman–Crippen MR) is 101 cm³/mol. The normalized spacial score (nSPS) is 13.1. The van der Waals surface area contributed by atoms with Crippen molar-refractivity contribution in [3.05, 3.63) is 47.3 Å². The maximum absolute atomic E-state index is 12.0. The molecule has 0 bridgehead atoms. The Morgan fingerprint density at radius 2 is 1.67 bits per heavy atom. The summed E-state index contributed by atoms with van der Waals surface area (Å²) >= 11 is 0. The van der Waals surface area contributed by atoms with Crippen LogP contribution in [0.25, 0.3) is 0 Å². The Labute approximate surface area is 159 Å². The zero-order valence-electron chi connectivity index (χ0n) is 16.1. The van der Waals surface area contributed by atoms with Gasteiger partial charge in [0.05, 0.1) is 5.75 Å². The van der Waals surface area contributed by atoms with Crippen molar-refractivity contribution in [2.45, 2.75) is 27.7 Å². The van der Waals surface area contributed by atoms with Gasteiger partial charge < -0.3 is 15.8 Å². The van der Waals surface area contributed by atoms with Crippen molar-refractivity contribution in [3.63, 3.8) is 0 Å². The first-order valence-corrected chi connectivity index (χ1v) is 9.49. The number of hydrogen-bond donors (Lipinski definition) is 2. The lowest BCUT2D eigenvalue weighted by Crippen LogP contribution is -2.29. The van der Waals surface area contributed by atoms with Crippen LogP contribution in [0.5, 0.6) is 0 Å². The number of allylic oxidation sites excluding steroid dienone is 6. The van der Waals surface area contributed by atoms with Crippen LogP contribution < -0.4 is 11.1 Å². The highest BCUT2D eigenvalue weighted by Gasteiger charge is 2.13. The maximum Gasteiger partial charge on any atom is 0.308 e. The van der Waals surface area contributed by atoms with Crippen LogP contribution in [0.1, 0.15) is 27.7 Å². The van der Waals surface area contributed by atoms with Crippen molar-refractivity contribution >= 4 is 22.0 Å². The standard InChI is InChI=1S/C16H22FNO6S.CH5N/c1-5-7-14(15(8-6-2)23-13(4)19)11-12(3)16(20)18-9-10-25(21,22)24-17;1-2/h5-8,11H,9-10H2,1-4H3,(H,18,20);2H2,1H3/b7-5-,8-6-,12-11+,15-14-;. The van der Waals surface area contributed by atoms with Gasteiger partial charge in [-0.05, 0) is 44.5 Å². The highest BCUT2D eigenvalue weighted by Crippen LogP contribution is 2.14. The summed E-state index contributed by atoms with van der Waals surface area (Å²) in [6.07, 6.45) is 8.08. The minimum Gasteiger partial charge on any atom is -0.426 e. The molecule has 0 rings (SSSR count). The van der Waals surface area contributed by atoms with Gasteiger partial charge in [-0.2, -0.15) is 8.42 Å². The van der Waals surface area contributed by atoms with Crippen molar-refractivity contribution in [1.82, 2.24) is 5.32 Å². The summed E-state index contributed by atoms with van der Waals surface area (Å²) in [6, 6.07) is 0. The van der Waals surface area contributed by atoms with E-state index in [1.165, 1.54) is 27.0 Å². The number of amides is 1. The molecule has 0 unspecified atom stereocenters. The summed E-state index contributed by atoms with van der Waals surface area (Å²) in [5, 5.41) is 2.33. The number of esters is 1. The topological polar surface area (TPSA) is 125 Å². The van der Waals surface area contributed by atoms with E-state index in [4.69, 9.17) is 4.74 Å². The highest BCUT2D eigenvalue weighted by molar-refractivity contribution is 7.86. The first-order valence-electron chi connectivity index (χ1n) is 7.92. The Morgan fingerprint density at radius 1 is 1.11 bits per heavy atom. The molecule has 27 heavy (non-hydrogen) atoms. The molecule has 0 aromatic carbocycles. The van der Waals surface area contributed by atoms with E-state index in [1.807, 2.05) is 0 Å². The summed E-state index contributed by atoms with van der Waals surface area (Å²) in [6.45, 7) is 5.94. The van der Waals surface area contributed by atoms with E-state index in [2.05, 4.69) is 15.4 Å². The smallest absolute Gasteiger partial charge is 0.308 e. The summed E-state index contributed by atoms with van der Waals surface area (Å²) in [4.78, 5) is 23.2. The Bertz CT molecular complexity index is 709. The number of ether oxygens (including phenoxy) is 1. The molecule has 0 aliphatic rings.